The van der Waals surface area contributed by atoms with Crippen LogP contribution in [-0.2, 0) is 4.79 Å². The van der Waals surface area contributed by atoms with E-state index in [9.17, 15) is 14.9 Å². The summed E-state index contributed by atoms with van der Waals surface area (Å²) in [5, 5.41) is 16.3. The van der Waals surface area contributed by atoms with Gasteiger partial charge >= 0.3 is 0 Å². The summed E-state index contributed by atoms with van der Waals surface area (Å²) in [6, 6.07) is 7.40. The van der Waals surface area contributed by atoms with Gasteiger partial charge in [0.2, 0.25) is 0 Å². The van der Waals surface area contributed by atoms with Crippen molar-refractivity contribution in [2.45, 2.75) is 0 Å². The lowest BCUT2D eigenvalue weighted by Crippen LogP contribution is -2.21. The van der Waals surface area contributed by atoms with Crippen molar-refractivity contribution in [1.82, 2.24) is 10.6 Å². The van der Waals surface area contributed by atoms with E-state index in [1.807, 2.05) is 0 Å². The van der Waals surface area contributed by atoms with E-state index in [1.165, 1.54) is 24.3 Å². The van der Waals surface area contributed by atoms with E-state index < -0.39 is 4.92 Å². The third-order valence-electron chi connectivity index (χ3n) is 3.06. The Morgan fingerprint density at radius 2 is 2.04 bits per heavy atom. The Labute approximate surface area is 140 Å². The zero-order chi connectivity index (χ0) is 16.6. The number of non-ortho nitro benzene ring substituents is 1. The lowest BCUT2D eigenvalue weighted by molar-refractivity contribution is -0.384. The van der Waals surface area contributed by atoms with Gasteiger partial charge in [0.25, 0.3) is 11.6 Å². The van der Waals surface area contributed by atoms with Gasteiger partial charge in [-0.1, -0.05) is 11.6 Å². The van der Waals surface area contributed by atoms with Crippen LogP contribution in [0.2, 0.25) is 5.02 Å². The lowest BCUT2D eigenvalue weighted by Gasteiger charge is -2.00. The molecule has 0 bridgehead atoms. The summed E-state index contributed by atoms with van der Waals surface area (Å²) in [6.45, 7) is 0. The van der Waals surface area contributed by atoms with Crippen LogP contribution in [0.4, 0.5) is 5.69 Å². The van der Waals surface area contributed by atoms with Gasteiger partial charge in [-0.15, -0.1) is 0 Å². The topological polar surface area (TPSA) is 97.4 Å². The average Bonchev–Trinajstić information content (AvgIpc) is 3.06. The van der Waals surface area contributed by atoms with Crippen molar-refractivity contribution in [1.29, 1.82) is 0 Å². The molecule has 2 N–H and O–H groups in total. The SMILES string of the molecule is O=C1NC(=S)NC1=Cc1ccc(-c2ccc([N+](=O)[O-])cc2Cl)o1. The molecule has 116 valence electrons. The molecule has 7 nitrogen and oxygen atoms in total. The van der Waals surface area contributed by atoms with Gasteiger partial charge in [0.15, 0.2) is 5.11 Å². The predicted octanol–water partition coefficient (Wildman–Crippen LogP) is 2.85. The Bertz CT molecular complexity index is 875. The molecule has 0 aliphatic carbocycles. The molecule has 1 aliphatic heterocycles. The van der Waals surface area contributed by atoms with Crippen LogP contribution in [0.1, 0.15) is 5.76 Å². The first kappa shape index (κ1) is 15.2. The molecule has 1 aromatic heterocycles. The number of benzene rings is 1. The molecule has 9 heteroatoms. The largest absolute Gasteiger partial charge is 0.457 e. The second kappa shape index (κ2) is 5.82. The van der Waals surface area contributed by atoms with Crippen molar-refractivity contribution in [2.24, 2.45) is 0 Å². The maximum atomic E-state index is 11.6. The van der Waals surface area contributed by atoms with Crippen molar-refractivity contribution in [3.63, 3.8) is 0 Å². The van der Waals surface area contributed by atoms with Crippen molar-refractivity contribution < 1.29 is 14.1 Å². The first-order valence-corrected chi connectivity index (χ1v) is 7.11. The number of carbonyl (C=O) groups excluding carboxylic acids is 1. The zero-order valence-electron chi connectivity index (χ0n) is 11.3. The molecule has 2 heterocycles. The van der Waals surface area contributed by atoms with E-state index in [0.29, 0.717) is 17.1 Å². The van der Waals surface area contributed by atoms with Crippen molar-refractivity contribution in [2.75, 3.05) is 0 Å². The molecule has 2 aromatic rings. The van der Waals surface area contributed by atoms with E-state index in [0.717, 1.165) is 0 Å². The Morgan fingerprint density at radius 3 is 2.65 bits per heavy atom. The fourth-order valence-electron chi connectivity index (χ4n) is 2.02. The number of halogens is 1. The van der Waals surface area contributed by atoms with E-state index >= 15 is 0 Å². The number of nitrogens with one attached hydrogen (secondary N) is 2. The fraction of sp³-hybridized carbons (Fsp3) is 0. The number of amides is 1. The Hall–Kier alpha value is -2.71. The van der Waals surface area contributed by atoms with Crippen LogP contribution in [-0.4, -0.2) is 15.9 Å². The average molecular weight is 350 g/mol. The minimum atomic E-state index is -0.527. The number of nitrogens with zero attached hydrogens (tertiary/aromatic N) is 1. The molecule has 1 amide bonds. The first-order chi connectivity index (χ1) is 10.9. The lowest BCUT2D eigenvalue weighted by atomic mass is 10.1. The normalized spacial score (nSPS) is 15.6. The standard InChI is InChI=1S/C14H8ClN3O4S/c15-10-5-7(18(20)21)1-3-9(10)12-4-2-8(22-12)6-11-13(19)17-14(23)16-11/h1-6H,(H2,16,17,19,23). The molecule has 0 atom stereocenters. The van der Waals surface area contributed by atoms with Crippen LogP contribution in [0.15, 0.2) is 40.4 Å². The summed E-state index contributed by atoms with van der Waals surface area (Å²) >= 11 is 10.9. The molecule has 1 fully saturated rings. The fourth-order valence-corrected chi connectivity index (χ4v) is 2.49. The van der Waals surface area contributed by atoms with Gasteiger partial charge in [0.05, 0.1) is 9.95 Å². The first-order valence-electron chi connectivity index (χ1n) is 6.32. The van der Waals surface area contributed by atoms with Crippen LogP contribution < -0.4 is 10.6 Å². The van der Waals surface area contributed by atoms with Crippen LogP contribution in [0, 0.1) is 10.1 Å². The number of nitro benzene ring substituents is 1. The molecule has 1 aromatic carbocycles. The van der Waals surface area contributed by atoms with Gasteiger partial charge in [-0.25, -0.2) is 0 Å². The zero-order valence-corrected chi connectivity index (χ0v) is 12.9. The highest BCUT2D eigenvalue weighted by Gasteiger charge is 2.21. The quantitative estimate of drug-likeness (QED) is 0.383. The molecule has 0 spiro atoms. The smallest absolute Gasteiger partial charge is 0.274 e. The minimum absolute atomic E-state index is 0.104. The molecule has 0 saturated carbocycles. The van der Waals surface area contributed by atoms with Crippen LogP contribution in [0.25, 0.3) is 17.4 Å². The number of hydrogen-bond donors (Lipinski definition) is 2. The molecule has 3 rings (SSSR count). The predicted molar refractivity (Wildman–Crippen MR) is 87.7 cm³/mol. The van der Waals surface area contributed by atoms with E-state index in [-0.39, 0.29) is 27.4 Å². The van der Waals surface area contributed by atoms with Gasteiger partial charge in [-0.05, 0) is 30.4 Å². The van der Waals surface area contributed by atoms with Gasteiger partial charge < -0.3 is 9.73 Å². The maximum Gasteiger partial charge on any atom is 0.274 e. The van der Waals surface area contributed by atoms with Crippen molar-refractivity contribution in [3.8, 4) is 11.3 Å². The number of nitro groups is 1. The highest BCUT2D eigenvalue weighted by Crippen LogP contribution is 2.32. The number of thiocarbonyl (C=S) groups is 1. The summed E-state index contributed by atoms with van der Waals surface area (Å²) in [7, 11) is 0. The molecule has 1 saturated heterocycles. The molecular formula is C14H8ClN3O4S. The number of hydrogen-bond acceptors (Lipinski definition) is 5. The Balaban J connectivity index is 1.91. The summed E-state index contributed by atoms with van der Waals surface area (Å²) in [5.41, 5.74) is 0.681. The van der Waals surface area contributed by atoms with Crippen LogP contribution in [0.5, 0.6) is 0 Å². The monoisotopic (exact) mass is 349 g/mol. The van der Waals surface area contributed by atoms with Gasteiger partial charge in [-0.2, -0.15) is 0 Å². The summed E-state index contributed by atoms with van der Waals surface area (Å²) in [5.74, 6) is 0.496. The number of rotatable bonds is 3. The Morgan fingerprint density at radius 1 is 1.26 bits per heavy atom. The van der Waals surface area contributed by atoms with Crippen molar-refractivity contribution >= 4 is 46.6 Å². The summed E-state index contributed by atoms with van der Waals surface area (Å²) < 4.78 is 5.60. The van der Waals surface area contributed by atoms with E-state index in [4.69, 9.17) is 28.2 Å². The highest BCUT2D eigenvalue weighted by atomic mass is 35.5. The third kappa shape index (κ3) is 3.08. The minimum Gasteiger partial charge on any atom is -0.457 e. The third-order valence-corrected chi connectivity index (χ3v) is 3.58. The number of furan rings is 1. The maximum absolute atomic E-state index is 11.6. The van der Waals surface area contributed by atoms with Gasteiger partial charge in [0, 0.05) is 23.8 Å². The molecular weight excluding hydrogens is 342 g/mol. The second-order valence-corrected chi connectivity index (χ2v) is 5.40. The van der Waals surface area contributed by atoms with Crippen LogP contribution in [0.3, 0.4) is 0 Å². The highest BCUT2D eigenvalue weighted by molar-refractivity contribution is 7.80. The second-order valence-electron chi connectivity index (χ2n) is 4.59. The molecule has 23 heavy (non-hydrogen) atoms. The summed E-state index contributed by atoms with van der Waals surface area (Å²) in [4.78, 5) is 21.8. The Kier molecular flexibility index (Phi) is 3.85. The molecule has 1 aliphatic rings. The molecule has 0 radical (unpaired) electrons. The van der Waals surface area contributed by atoms with Gasteiger partial charge in [-0.3, -0.25) is 20.2 Å². The summed E-state index contributed by atoms with van der Waals surface area (Å²) in [6.07, 6.45) is 1.50. The van der Waals surface area contributed by atoms with E-state index in [2.05, 4.69) is 10.6 Å². The van der Waals surface area contributed by atoms with Crippen molar-refractivity contribution in [3.05, 3.63) is 56.9 Å². The van der Waals surface area contributed by atoms with Gasteiger partial charge in [0.1, 0.15) is 17.2 Å². The van der Waals surface area contributed by atoms with Crippen LogP contribution >= 0.6 is 23.8 Å². The number of carbonyl (C=O) groups is 1. The molecule has 0 unspecified atom stereocenters. The van der Waals surface area contributed by atoms with E-state index in [1.54, 1.807) is 12.1 Å².